The zero-order valence-corrected chi connectivity index (χ0v) is 11.4. The lowest BCUT2D eigenvalue weighted by atomic mass is 10.1. The molecule has 18 heavy (non-hydrogen) atoms. The van der Waals surface area contributed by atoms with Gasteiger partial charge < -0.3 is 10.5 Å². The third kappa shape index (κ3) is 3.38. The second-order valence-corrected chi connectivity index (χ2v) is 4.92. The van der Waals surface area contributed by atoms with Crippen LogP contribution in [0.2, 0.25) is 0 Å². The molecule has 96 valence electrons. The van der Waals surface area contributed by atoms with E-state index in [2.05, 4.69) is 34.6 Å². The average Bonchev–Trinajstić information content (AvgIpc) is 2.88. The average molecular weight is 262 g/mol. The molecule has 2 rings (SSSR count). The molecule has 0 spiro atoms. The van der Waals surface area contributed by atoms with Crippen LogP contribution in [0.15, 0.2) is 29.6 Å². The van der Waals surface area contributed by atoms with E-state index in [9.17, 15) is 0 Å². The highest BCUT2D eigenvalue weighted by Crippen LogP contribution is 2.22. The molecule has 1 aromatic heterocycles. The molecule has 2 aromatic rings. The second-order valence-electron chi connectivity index (χ2n) is 3.97. The van der Waals surface area contributed by atoms with Gasteiger partial charge in [-0.15, -0.1) is 11.3 Å². The van der Waals surface area contributed by atoms with Gasteiger partial charge in [0.25, 0.3) is 0 Å². The molecule has 0 bridgehead atoms. The summed E-state index contributed by atoms with van der Waals surface area (Å²) in [5.74, 6) is 0. The van der Waals surface area contributed by atoms with E-state index in [0.717, 1.165) is 41.5 Å². The van der Waals surface area contributed by atoms with Crippen molar-refractivity contribution in [3.05, 3.63) is 40.2 Å². The highest BCUT2D eigenvalue weighted by atomic mass is 32.1. The number of hydrogen-bond donors (Lipinski definition) is 1. The Bertz CT molecular complexity index is 479. The van der Waals surface area contributed by atoms with E-state index in [1.807, 2.05) is 6.92 Å². The van der Waals surface area contributed by atoms with Crippen LogP contribution in [0.3, 0.4) is 0 Å². The van der Waals surface area contributed by atoms with Crippen molar-refractivity contribution in [3.63, 3.8) is 0 Å². The van der Waals surface area contributed by atoms with Crippen LogP contribution < -0.4 is 5.73 Å². The Morgan fingerprint density at radius 3 is 2.72 bits per heavy atom. The summed E-state index contributed by atoms with van der Waals surface area (Å²) in [5, 5.41) is 3.22. The number of benzene rings is 1. The van der Waals surface area contributed by atoms with Gasteiger partial charge in [0.15, 0.2) is 0 Å². The van der Waals surface area contributed by atoms with Gasteiger partial charge in [-0.25, -0.2) is 4.98 Å². The van der Waals surface area contributed by atoms with E-state index in [1.54, 1.807) is 11.3 Å². The molecule has 1 heterocycles. The maximum absolute atomic E-state index is 5.58. The monoisotopic (exact) mass is 262 g/mol. The minimum absolute atomic E-state index is 0.580. The van der Waals surface area contributed by atoms with Gasteiger partial charge in [0, 0.05) is 30.5 Å². The Kier molecular flexibility index (Phi) is 4.87. The van der Waals surface area contributed by atoms with Gasteiger partial charge in [-0.3, -0.25) is 0 Å². The minimum Gasteiger partial charge on any atom is -0.381 e. The summed E-state index contributed by atoms with van der Waals surface area (Å²) >= 11 is 1.69. The first-order valence-electron chi connectivity index (χ1n) is 6.15. The van der Waals surface area contributed by atoms with Crippen molar-refractivity contribution in [2.24, 2.45) is 5.73 Å². The predicted molar refractivity (Wildman–Crippen MR) is 75.6 cm³/mol. The van der Waals surface area contributed by atoms with Crippen LogP contribution >= 0.6 is 11.3 Å². The van der Waals surface area contributed by atoms with Crippen molar-refractivity contribution in [3.8, 4) is 11.3 Å². The van der Waals surface area contributed by atoms with Crippen LogP contribution in [-0.2, 0) is 17.7 Å². The summed E-state index contributed by atoms with van der Waals surface area (Å²) in [7, 11) is 0. The normalized spacial score (nSPS) is 10.8. The van der Waals surface area contributed by atoms with Gasteiger partial charge in [0.2, 0.25) is 0 Å². The Morgan fingerprint density at radius 1 is 1.28 bits per heavy atom. The van der Waals surface area contributed by atoms with E-state index in [1.165, 1.54) is 0 Å². The molecule has 0 atom stereocenters. The van der Waals surface area contributed by atoms with Crippen LogP contribution in [0.1, 0.15) is 17.5 Å². The summed E-state index contributed by atoms with van der Waals surface area (Å²) < 4.78 is 5.34. The van der Waals surface area contributed by atoms with Crippen molar-refractivity contribution >= 4 is 11.3 Å². The van der Waals surface area contributed by atoms with Crippen molar-refractivity contribution in [2.75, 3.05) is 13.2 Å². The number of nitrogens with two attached hydrogens (primary N) is 1. The summed E-state index contributed by atoms with van der Waals surface area (Å²) in [5.41, 5.74) is 8.91. The topological polar surface area (TPSA) is 48.1 Å². The minimum atomic E-state index is 0.580. The van der Waals surface area contributed by atoms with Crippen molar-refractivity contribution in [1.82, 2.24) is 4.98 Å². The van der Waals surface area contributed by atoms with Crippen molar-refractivity contribution in [1.29, 1.82) is 0 Å². The molecule has 0 aliphatic rings. The lowest BCUT2D eigenvalue weighted by molar-refractivity contribution is 0.151. The molecule has 2 N–H and O–H groups in total. The van der Waals surface area contributed by atoms with Crippen LogP contribution in [0, 0.1) is 0 Å². The number of thiazole rings is 1. The molecule has 1 aromatic carbocycles. The third-order valence-corrected chi connectivity index (χ3v) is 3.61. The first kappa shape index (κ1) is 13.2. The number of hydrogen-bond acceptors (Lipinski definition) is 4. The Hall–Kier alpha value is -1.23. The van der Waals surface area contributed by atoms with E-state index >= 15 is 0 Å². The molecule has 0 aliphatic heterocycles. The lowest BCUT2D eigenvalue weighted by Gasteiger charge is -1.99. The van der Waals surface area contributed by atoms with Crippen molar-refractivity contribution in [2.45, 2.75) is 19.9 Å². The zero-order chi connectivity index (χ0) is 12.8. The first-order valence-corrected chi connectivity index (χ1v) is 7.03. The molecule has 0 aliphatic carbocycles. The molecule has 0 fully saturated rings. The molecule has 4 heteroatoms. The summed E-state index contributed by atoms with van der Waals surface area (Å²) in [4.78, 5) is 4.62. The fraction of sp³-hybridized carbons (Fsp3) is 0.357. The number of rotatable bonds is 6. The van der Waals surface area contributed by atoms with E-state index in [4.69, 9.17) is 10.5 Å². The van der Waals surface area contributed by atoms with E-state index < -0.39 is 0 Å². The van der Waals surface area contributed by atoms with Crippen LogP contribution in [0.5, 0.6) is 0 Å². The fourth-order valence-electron chi connectivity index (χ4n) is 1.67. The summed E-state index contributed by atoms with van der Waals surface area (Å²) in [6, 6.07) is 8.25. The van der Waals surface area contributed by atoms with Gasteiger partial charge in [-0.05, 0) is 12.5 Å². The summed E-state index contributed by atoms with van der Waals surface area (Å²) in [6.07, 6.45) is 0.888. The standard InChI is InChI=1S/C14H18N2OS/c1-2-17-8-7-14-16-13(10-18-14)12-5-3-11(9-15)4-6-12/h3-6,10H,2,7-9,15H2,1H3. The van der Waals surface area contributed by atoms with Crippen LogP contribution in [0.4, 0.5) is 0 Å². The molecule has 0 radical (unpaired) electrons. The predicted octanol–water partition coefficient (Wildman–Crippen LogP) is 2.85. The number of aromatic nitrogens is 1. The maximum Gasteiger partial charge on any atom is 0.0955 e. The maximum atomic E-state index is 5.58. The van der Waals surface area contributed by atoms with E-state index in [0.29, 0.717) is 6.54 Å². The van der Waals surface area contributed by atoms with Gasteiger partial charge in [0.05, 0.1) is 17.3 Å². The van der Waals surface area contributed by atoms with Gasteiger partial charge in [0.1, 0.15) is 0 Å². The smallest absolute Gasteiger partial charge is 0.0955 e. The van der Waals surface area contributed by atoms with Crippen molar-refractivity contribution < 1.29 is 4.74 Å². The third-order valence-electron chi connectivity index (χ3n) is 2.70. The molecule has 0 saturated heterocycles. The number of nitrogens with zero attached hydrogens (tertiary/aromatic N) is 1. The van der Waals surface area contributed by atoms with Gasteiger partial charge >= 0.3 is 0 Å². The number of ether oxygens (including phenoxy) is 1. The molecule has 0 unspecified atom stereocenters. The molecule has 0 amide bonds. The quantitative estimate of drug-likeness (QED) is 0.814. The van der Waals surface area contributed by atoms with E-state index in [-0.39, 0.29) is 0 Å². The largest absolute Gasteiger partial charge is 0.381 e. The van der Waals surface area contributed by atoms with Crippen LogP contribution in [-0.4, -0.2) is 18.2 Å². The fourth-order valence-corrected chi connectivity index (χ4v) is 2.46. The second kappa shape index (κ2) is 6.64. The molecule has 3 nitrogen and oxygen atoms in total. The Morgan fingerprint density at radius 2 is 2.06 bits per heavy atom. The Labute approximate surface area is 112 Å². The summed E-state index contributed by atoms with van der Waals surface area (Å²) in [6.45, 7) is 4.09. The molecular formula is C14H18N2OS. The van der Waals surface area contributed by atoms with Crippen LogP contribution in [0.25, 0.3) is 11.3 Å². The first-order chi connectivity index (χ1) is 8.83. The SMILES string of the molecule is CCOCCc1nc(-c2ccc(CN)cc2)cs1. The molecular weight excluding hydrogens is 244 g/mol. The lowest BCUT2D eigenvalue weighted by Crippen LogP contribution is -1.97. The zero-order valence-electron chi connectivity index (χ0n) is 10.6. The van der Waals surface area contributed by atoms with Gasteiger partial charge in [-0.1, -0.05) is 24.3 Å². The highest BCUT2D eigenvalue weighted by molar-refractivity contribution is 7.09. The van der Waals surface area contributed by atoms with Gasteiger partial charge in [-0.2, -0.15) is 0 Å². The molecule has 0 saturated carbocycles. The highest BCUT2D eigenvalue weighted by Gasteiger charge is 2.04. The Balaban J connectivity index is 2.04.